The number of aryl methyl sites for hydroxylation is 1. The molecular weight excluding hydrogens is 262 g/mol. The summed E-state index contributed by atoms with van der Waals surface area (Å²) in [6.45, 7) is 8.05. The van der Waals surface area contributed by atoms with Gasteiger partial charge in [-0.3, -0.25) is 0 Å². The van der Waals surface area contributed by atoms with Gasteiger partial charge in [-0.2, -0.15) is 0 Å². The van der Waals surface area contributed by atoms with Gasteiger partial charge in [-0.25, -0.2) is 14.6 Å². The number of aromatic nitrogens is 6. The maximum absolute atomic E-state index is 5.96. The van der Waals surface area contributed by atoms with E-state index in [1.807, 2.05) is 6.92 Å². The molecule has 0 aliphatic carbocycles. The topological polar surface area (TPSA) is 95.4 Å². The lowest BCUT2D eigenvalue weighted by molar-refractivity contribution is 0.538. The number of hydrogen-bond donors (Lipinski definition) is 1. The monoisotopic (exact) mass is 279 g/mol. The first-order valence-corrected chi connectivity index (χ1v) is 6.65. The van der Waals surface area contributed by atoms with E-state index in [2.05, 4.69) is 46.3 Å². The van der Waals surface area contributed by atoms with Crippen molar-refractivity contribution in [3.05, 3.63) is 11.4 Å². The van der Waals surface area contributed by atoms with E-state index in [9.17, 15) is 0 Å². The fourth-order valence-corrected chi connectivity index (χ4v) is 2.15. The number of nitrogens with zero attached hydrogens (tertiary/aromatic N) is 6. The van der Waals surface area contributed by atoms with E-state index in [0.29, 0.717) is 16.8 Å². The van der Waals surface area contributed by atoms with Gasteiger partial charge in [0, 0.05) is 18.0 Å². The Balaban J connectivity index is 2.45. The van der Waals surface area contributed by atoms with Crippen LogP contribution in [0.25, 0.3) is 0 Å². The molecule has 0 bridgehead atoms. The molecule has 0 radical (unpaired) electrons. The van der Waals surface area contributed by atoms with Gasteiger partial charge in [0.1, 0.15) is 16.7 Å². The molecule has 2 N–H and O–H groups in total. The second-order valence-corrected chi connectivity index (χ2v) is 6.26. The number of anilines is 1. The molecule has 2 rings (SSSR count). The van der Waals surface area contributed by atoms with Gasteiger partial charge in [-0.05, 0) is 29.1 Å². The minimum atomic E-state index is -0.157. The van der Waals surface area contributed by atoms with Crippen molar-refractivity contribution in [1.29, 1.82) is 0 Å². The predicted molar refractivity (Wildman–Crippen MR) is 72.8 cm³/mol. The summed E-state index contributed by atoms with van der Waals surface area (Å²) in [6, 6.07) is 0. The number of nitrogen functional groups attached to an aromatic ring is 1. The lowest BCUT2D eigenvalue weighted by Gasteiger charge is -2.18. The van der Waals surface area contributed by atoms with Crippen LogP contribution < -0.4 is 5.73 Å². The third-order valence-electron chi connectivity index (χ3n) is 2.58. The molecule has 102 valence electrons. The second kappa shape index (κ2) is 4.76. The van der Waals surface area contributed by atoms with E-state index in [1.165, 1.54) is 11.8 Å². The lowest BCUT2D eigenvalue weighted by Crippen LogP contribution is -2.18. The lowest BCUT2D eigenvalue weighted by atomic mass is 9.95. The SMILES string of the molecule is Cc1c(N)nc(C(C)(C)C)nc1Sc1nnnn1C. The van der Waals surface area contributed by atoms with Gasteiger partial charge in [0.25, 0.3) is 0 Å². The summed E-state index contributed by atoms with van der Waals surface area (Å²) in [5, 5.41) is 12.8. The molecule has 2 heterocycles. The van der Waals surface area contributed by atoms with Crippen LogP contribution in [0.1, 0.15) is 32.2 Å². The molecule has 0 unspecified atom stereocenters. The van der Waals surface area contributed by atoms with Crippen molar-refractivity contribution in [2.45, 2.75) is 43.3 Å². The molecule has 7 nitrogen and oxygen atoms in total. The van der Waals surface area contributed by atoms with Crippen LogP contribution >= 0.6 is 11.8 Å². The molecule has 0 amide bonds. The average Bonchev–Trinajstić information content (AvgIpc) is 2.69. The molecule has 0 aliphatic rings. The van der Waals surface area contributed by atoms with E-state index in [4.69, 9.17) is 5.73 Å². The highest BCUT2D eigenvalue weighted by Gasteiger charge is 2.21. The van der Waals surface area contributed by atoms with E-state index >= 15 is 0 Å². The molecule has 0 aromatic carbocycles. The van der Waals surface area contributed by atoms with Gasteiger partial charge in [0.05, 0.1) is 0 Å². The quantitative estimate of drug-likeness (QED) is 0.829. The highest BCUT2D eigenvalue weighted by atomic mass is 32.2. The Morgan fingerprint density at radius 1 is 1.21 bits per heavy atom. The molecule has 2 aromatic rings. The van der Waals surface area contributed by atoms with Gasteiger partial charge in [0.2, 0.25) is 5.16 Å². The first kappa shape index (κ1) is 13.7. The highest BCUT2D eigenvalue weighted by Crippen LogP contribution is 2.30. The third kappa shape index (κ3) is 2.83. The van der Waals surface area contributed by atoms with Crippen LogP contribution in [0.2, 0.25) is 0 Å². The number of tetrazole rings is 1. The minimum Gasteiger partial charge on any atom is -0.383 e. The van der Waals surface area contributed by atoms with Gasteiger partial charge in [-0.1, -0.05) is 20.8 Å². The Hall–Kier alpha value is -1.70. The van der Waals surface area contributed by atoms with Crippen molar-refractivity contribution >= 4 is 17.6 Å². The zero-order chi connectivity index (χ0) is 14.2. The first-order valence-electron chi connectivity index (χ1n) is 5.84. The van der Waals surface area contributed by atoms with Gasteiger partial charge < -0.3 is 5.73 Å². The fraction of sp³-hybridized carbons (Fsp3) is 0.545. The van der Waals surface area contributed by atoms with Crippen LogP contribution in [0.3, 0.4) is 0 Å². The minimum absolute atomic E-state index is 0.157. The van der Waals surface area contributed by atoms with Gasteiger partial charge in [-0.15, -0.1) is 5.10 Å². The predicted octanol–water partition coefficient (Wildman–Crippen LogP) is 1.34. The van der Waals surface area contributed by atoms with Crippen LogP contribution in [-0.2, 0) is 12.5 Å². The zero-order valence-corrected chi connectivity index (χ0v) is 12.5. The number of nitrogens with two attached hydrogens (primary N) is 1. The van der Waals surface area contributed by atoms with Crippen LogP contribution in [0, 0.1) is 6.92 Å². The second-order valence-electron chi connectivity index (χ2n) is 5.30. The summed E-state index contributed by atoms with van der Waals surface area (Å²) in [6.07, 6.45) is 0. The normalized spacial score (nSPS) is 11.8. The maximum Gasteiger partial charge on any atom is 0.215 e. The van der Waals surface area contributed by atoms with Gasteiger partial charge in [0.15, 0.2) is 0 Å². The molecule has 19 heavy (non-hydrogen) atoms. The fourth-order valence-electron chi connectivity index (χ4n) is 1.34. The Morgan fingerprint density at radius 3 is 2.42 bits per heavy atom. The molecule has 0 spiro atoms. The zero-order valence-electron chi connectivity index (χ0n) is 11.7. The summed E-state index contributed by atoms with van der Waals surface area (Å²) >= 11 is 1.39. The van der Waals surface area contributed by atoms with Crippen LogP contribution in [-0.4, -0.2) is 30.2 Å². The van der Waals surface area contributed by atoms with E-state index in [0.717, 1.165) is 10.6 Å². The largest absolute Gasteiger partial charge is 0.383 e. The Labute approximate surface area is 116 Å². The summed E-state index contributed by atoms with van der Waals surface area (Å²) < 4.78 is 1.60. The smallest absolute Gasteiger partial charge is 0.215 e. The Morgan fingerprint density at radius 2 is 1.89 bits per heavy atom. The van der Waals surface area contributed by atoms with Crippen LogP contribution in [0.15, 0.2) is 10.2 Å². The van der Waals surface area contributed by atoms with Crippen LogP contribution in [0.5, 0.6) is 0 Å². The van der Waals surface area contributed by atoms with Crippen molar-refractivity contribution < 1.29 is 0 Å². The van der Waals surface area contributed by atoms with E-state index in [1.54, 1.807) is 11.7 Å². The molecule has 2 aromatic heterocycles. The van der Waals surface area contributed by atoms with Gasteiger partial charge >= 0.3 is 0 Å². The summed E-state index contributed by atoms with van der Waals surface area (Å²) in [4.78, 5) is 8.93. The molecule has 0 saturated carbocycles. The first-order chi connectivity index (χ1) is 8.79. The van der Waals surface area contributed by atoms with Crippen molar-refractivity contribution in [2.24, 2.45) is 7.05 Å². The average molecular weight is 279 g/mol. The molecule has 0 fully saturated rings. The van der Waals surface area contributed by atoms with Crippen LogP contribution in [0.4, 0.5) is 5.82 Å². The summed E-state index contributed by atoms with van der Waals surface area (Å²) in [5.74, 6) is 1.21. The maximum atomic E-state index is 5.96. The Kier molecular flexibility index (Phi) is 3.44. The summed E-state index contributed by atoms with van der Waals surface area (Å²) in [7, 11) is 1.78. The third-order valence-corrected chi connectivity index (χ3v) is 3.70. The molecule has 0 aliphatic heterocycles. The molecule has 8 heteroatoms. The van der Waals surface area contributed by atoms with Crippen molar-refractivity contribution in [2.75, 3.05) is 5.73 Å². The van der Waals surface area contributed by atoms with Crippen molar-refractivity contribution in [1.82, 2.24) is 30.2 Å². The van der Waals surface area contributed by atoms with E-state index < -0.39 is 0 Å². The number of hydrogen-bond acceptors (Lipinski definition) is 7. The Bertz CT molecular complexity index is 600. The number of rotatable bonds is 2. The van der Waals surface area contributed by atoms with E-state index in [-0.39, 0.29) is 5.41 Å². The standard InChI is InChI=1S/C11H17N7S/c1-6-7(12)13-9(11(2,3)4)14-8(6)19-10-15-16-17-18(10)5/h1-5H3,(H2,12,13,14). The summed E-state index contributed by atoms with van der Waals surface area (Å²) in [5.41, 5.74) is 6.65. The molecule has 0 saturated heterocycles. The van der Waals surface area contributed by atoms with Crippen molar-refractivity contribution in [3.63, 3.8) is 0 Å². The molecular formula is C11H17N7S. The highest BCUT2D eigenvalue weighted by molar-refractivity contribution is 7.99. The molecule has 0 atom stereocenters. The van der Waals surface area contributed by atoms with Crippen molar-refractivity contribution in [3.8, 4) is 0 Å².